The smallest absolute Gasteiger partial charge is 0.141 e. The van der Waals surface area contributed by atoms with Crippen LogP contribution in [0.5, 0.6) is 17.2 Å². The van der Waals surface area contributed by atoms with Crippen LogP contribution in [0.3, 0.4) is 0 Å². The Morgan fingerprint density at radius 2 is 1.81 bits per heavy atom. The number of unbranched alkanes of at least 4 members (excludes halogenated alkanes) is 1. The summed E-state index contributed by atoms with van der Waals surface area (Å²) in [6.07, 6.45) is 7.63. The van der Waals surface area contributed by atoms with E-state index >= 15 is 0 Å². The highest BCUT2D eigenvalue weighted by atomic mass is 16.5. The molecule has 1 saturated heterocycles. The average Bonchev–Trinajstić information content (AvgIpc) is 2.84. The van der Waals surface area contributed by atoms with Crippen LogP contribution in [0.1, 0.15) is 43.9 Å². The van der Waals surface area contributed by atoms with Gasteiger partial charge in [0.1, 0.15) is 23.9 Å². The second-order valence-electron chi connectivity index (χ2n) is 8.24. The quantitative estimate of drug-likeness (QED) is 0.391. The van der Waals surface area contributed by atoms with E-state index in [1.807, 2.05) is 31.2 Å². The maximum absolute atomic E-state index is 6.16. The molecule has 0 spiro atoms. The second-order valence-corrected chi connectivity index (χ2v) is 8.24. The standard InChI is InChI=1S/C26H32N2O4/c1-3-4-11-30-26-19(2)25(28-24-8-6-5-7-23(24)26)18-32-22-14-21(15-27-16-22)31-17-20-9-12-29-13-10-20/h5-8,14-16,20H,3-4,9-13,17-18H2,1-2H3. The highest BCUT2D eigenvalue weighted by molar-refractivity contribution is 5.86. The molecule has 0 atom stereocenters. The maximum atomic E-state index is 6.16. The molecular formula is C26H32N2O4. The topological polar surface area (TPSA) is 62.7 Å². The van der Waals surface area contributed by atoms with Gasteiger partial charge in [0.15, 0.2) is 0 Å². The van der Waals surface area contributed by atoms with Crippen LogP contribution in [0.25, 0.3) is 10.9 Å². The Morgan fingerprint density at radius 3 is 2.62 bits per heavy atom. The summed E-state index contributed by atoms with van der Waals surface area (Å²) < 4.78 is 23.6. The molecule has 170 valence electrons. The van der Waals surface area contributed by atoms with Crippen molar-refractivity contribution in [1.29, 1.82) is 0 Å². The van der Waals surface area contributed by atoms with E-state index in [2.05, 4.69) is 18.0 Å². The minimum atomic E-state index is 0.339. The van der Waals surface area contributed by atoms with Crippen molar-refractivity contribution in [3.63, 3.8) is 0 Å². The third-order valence-electron chi connectivity index (χ3n) is 5.81. The van der Waals surface area contributed by atoms with E-state index in [0.717, 1.165) is 72.6 Å². The number of aromatic nitrogens is 2. The number of hydrogen-bond donors (Lipinski definition) is 0. The van der Waals surface area contributed by atoms with Crippen molar-refractivity contribution in [1.82, 2.24) is 9.97 Å². The molecule has 1 aromatic carbocycles. The number of rotatable bonds is 10. The van der Waals surface area contributed by atoms with Crippen LogP contribution in [-0.2, 0) is 11.3 Å². The Hall–Kier alpha value is -2.86. The number of ether oxygens (including phenoxy) is 4. The molecule has 1 aliphatic rings. The molecule has 4 rings (SSSR count). The molecule has 3 heterocycles. The molecule has 2 aromatic heterocycles. The molecule has 0 bridgehead atoms. The molecule has 0 saturated carbocycles. The van der Waals surface area contributed by atoms with Crippen LogP contribution < -0.4 is 14.2 Å². The van der Waals surface area contributed by atoms with Gasteiger partial charge >= 0.3 is 0 Å². The van der Waals surface area contributed by atoms with Gasteiger partial charge in [0.05, 0.1) is 36.8 Å². The minimum Gasteiger partial charge on any atom is -0.493 e. The molecule has 0 aliphatic carbocycles. The van der Waals surface area contributed by atoms with Gasteiger partial charge in [0, 0.05) is 30.2 Å². The van der Waals surface area contributed by atoms with Gasteiger partial charge < -0.3 is 18.9 Å². The summed E-state index contributed by atoms with van der Waals surface area (Å²) in [6, 6.07) is 9.97. The minimum absolute atomic E-state index is 0.339. The first-order valence-electron chi connectivity index (χ1n) is 11.5. The largest absolute Gasteiger partial charge is 0.493 e. The summed E-state index contributed by atoms with van der Waals surface area (Å²) in [4.78, 5) is 9.11. The van der Waals surface area contributed by atoms with E-state index in [4.69, 9.17) is 23.9 Å². The highest BCUT2D eigenvalue weighted by Gasteiger charge is 2.16. The third-order valence-corrected chi connectivity index (χ3v) is 5.81. The Morgan fingerprint density at radius 1 is 1.03 bits per heavy atom. The lowest BCUT2D eigenvalue weighted by Gasteiger charge is -2.22. The summed E-state index contributed by atoms with van der Waals surface area (Å²) in [7, 11) is 0. The predicted molar refractivity (Wildman–Crippen MR) is 124 cm³/mol. The first kappa shape index (κ1) is 22.3. The van der Waals surface area contributed by atoms with Crippen LogP contribution in [0, 0.1) is 12.8 Å². The van der Waals surface area contributed by atoms with Crippen molar-refractivity contribution in [2.75, 3.05) is 26.4 Å². The lowest BCUT2D eigenvalue weighted by atomic mass is 10.0. The lowest BCUT2D eigenvalue weighted by molar-refractivity contribution is 0.0496. The van der Waals surface area contributed by atoms with Crippen LogP contribution in [-0.4, -0.2) is 36.4 Å². The van der Waals surface area contributed by atoms with E-state index in [-0.39, 0.29) is 0 Å². The van der Waals surface area contributed by atoms with Crippen LogP contribution in [0.2, 0.25) is 0 Å². The maximum Gasteiger partial charge on any atom is 0.141 e. The lowest BCUT2D eigenvalue weighted by Crippen LogP contribution is -2.21. The van der Waals surface area contributed by atoms with Crippen LogP contribution in [0.15, 0.2) is 42.7 Å². The number of fused-ring (bicyclic) bond motifs is 1. The molecule has 0 amide bonds. The van der Waals surface area contributed by atoms with E-state index in [9.17, 15) is 0 Å². The fourth-order valence-corrected chi connectivity index (χ4v) is 3.81. The molecule has 0 N–H and O–H groups in total. The fraction of sp³-hybridized carbons (Fsp3) is 0.462. The molecule has 0 unspecified atom stereocenters. The normalized spacial score (nSPS) is 14.4. The molecular weight excluding hydrogens is 404 g/mol. The molecule has 32 heavy (non-hydrogen) atoms. The van der Waals surface area contributed by atoms with Crippen molar-refractivity contribution in [2.24, 2.45) is 5.92 Å². The summed E-state index contributed by atoms with van der Waals surface area (Å²) >= 11 is 0. The molecule has 1 aliphatic heterocycles. The summed E-state index contributed by atoms with van der Waals surface area (Å²) in [5.74, 6) is 2.82. The monoisotopic (exact) mass is 436 g/mol. The zero-order valence-electron chi connectivity index (χ0n) is 19.0. The third kappa shape index (κ3) is 5.68. The number of benzene rings is 1. The zero-order chi connectivity index (χ0) is 22.2. The Kier molecular flexibility index (Phi) is 7.77. The number of para-hydroxylation sites is 1. The number of nitrogens with zero attached hydrogens (tertiary/aromatic N) is 2. The van der Waals surface area contributed by atoms with E-state index in [1.54, 1.807) is 12.4 Å². The molecule has 0 radical (unpaired) electrons. The fourth-order valence-electron chi connectivity index (χ4n) is 3.81. The summed E-state index contributed by atoms with van der Waals surface area (Å²) in [5, 5.41) is 1.04. The van der Waals surface area contributed by atoms with E-state index < -0.39 is 0 Å². The van der Waals surface area contributed by atoms with Gasteiger partial charge in [-0.05, 0) is 44.2 Å². The number of hydrogen-bond acceptors (Lipinski definition) is 6. The second kappa shape index (κ2) is 11.1. The van der Waals surface area contributed by atoms with Gasteiger partial charge in [0.2, 0.25) is 0 Å². The Bertz CT molecular complexity index is 1020. The van der Waals surface area contributed by atoms with Crippen LogP contribution in [0.4, 0.5) is 0 Å². The first-order valence-corrected chi connectivity index (χ1v) is 11.5. The van der Waals surface area contributed by atoms with E-state index in [0.29, 0.717) is 31.5 Å². The Labute approximate surface area is 189 Å². The Balaban J connectivity index is 1.45. The van der Waals surface area contributed by atoms with Gasteiger partial charge in [-0.2, -0.15) is 0 Å². The van der Waals surface area contributed by atoms with Crippen molar-refractivity contribution in [3.8, 4) is 17.2 Å². The van der Waals surface area contributed by atoms with Crippen LogP contribution >= 0.6 is 0 Å². The van der Waals surface area contributed by atoms with Crippen molar-refractivity contribution in [2.45, 2.75) is 46.1 Å². The first-order chi connectivity index (χ1) is 15.7. The molecule has 6 nitrogen and oxygen atoms in total. The average molecular weight is 437 g/mol. The summed E-state index contributed by atoms with van der Waals surface area (Å²) in [6.45, 7) is 7.56. The highest BCUT2D eigenvalue weighted by Crippen LogP contribution is 2.31. The summed E-state index contributed by atoms with van der Waals surface area (Å²) in [5.41, 5.74) is 2.79. The molecule has 3 aromatic rings. The van der Waals surface area contributed by atoms with Gasteiger partial charge in [-0.25, -0.2) is 4.98 Å². The van der Waals surface area contributed by atoms with Gasteiger partial charge in [-0.3, -0.25) is 4.98 Å². The predicted octanol–water partition coefficient (Wildman–Crippen LogP) is 5.50. The van der Waals surface area contributed by atoms with Gasteiger partial charge in [0.25, 0.3) is 0 Å². The van der Waals surface area contributed by atoms with Crippen molar-refractivity contribution < 1.29 is 18.9 Å². The number of pyridine rings is 2. The van der Waals surface area contributed by atoms with Crippen molar-refractivity contribution >= 4 is 10.9 Å². The molecule has 1 fully saturated rings. The van der Waals surface area contributed by atoms with E-state index in [1.165, 1.54) is 0 Å². The van der Waals surface area contributed by atoms with Gasteiger partial charge in [-0.15, -0.1) is 0 Å². The van der Waals surface area contributed by atoms with Gasteiger partial charge in [-0.1, -0.05) is 25.5 Å². The zero-order valence-corrected chi connectivity index (χ0v) is 19.0. The van der Waals surface area contributed by atoms with Crippen molar-refractivity contribution in [3.05, 3.63) is 54.0 Å². The SMILES string of the molecule is CCCCOc1c(C)c(COc2cncc(OCC3CCOCC3)c2)nc2ccccc12. The molecule has 6 heteroatoms.